The van der Waals surface area contributed by atoms with Gasteiger partial charge in [-0.25, -0.2) is 14.6 Å². The highest BCUT2D eigenvalue weighted by atomic mass is 16.2. The van der Waals surface area contributed by atoms with Gasteiger partial charge in [0.05, 0.1) is 5.56 Å². The van der Waals surface area contributed by atoms with Crippen molar-refractivity contribution in [1.29, 1.82) is 0 Å². The monoisotopic (exact) mass is 333 g/mol. The van der Waals surface area contributed by atoms with Crippen molar-refractivity contribution >= 4 is 11.6 Å². The van der Waals surface area contributed by atoms with E-state index in [0.717, 1.165) is 25.1 Å². The van der Waals surface area contributed by atoms with Crippen LogP contribution in [0.5, 0.6) is 0 Å². The Hall–Kier alpha value is -3.02. The molecule has 25 heavy (non-hydrogen) atoms. The van der Waals surface area contributed by atoms with E-state index in [4.69, 9.17) is 0 Å². The molecule has 0 N–H and O–H groups in total. The molecule has 1 aliphatic heterocycles. The molecular formula is C19H19N5O. The second kappa shape index (κ2) is 6.47. The Bertz CT molecular complexity index is 873. The highest BCUT2D eigenvalue weighted by molar-refractivity contribution is 6.06. The number of aromatic nitrogens is 4. The van der Waals surface area contributed by atoms with E-state index in [-0.39, 0.29) is 5.91 Å². The van der Waals surface area contributed by atoms with Gasteiger partial charge in [-0.2, -0.15) is 5.10 Å². The zero-order chi connectivity index (χ0) is 17.2. The molecule has 1 atom stereocenters. The summed E-state index contributed by atoms with van der Waals surface area (Å²) < 4.78 is 1.57. The number of anilines is 1. The number of fused-ring (bicyclic) bond motifs is 1. The van der Waals surface area contributed by atoms with Crippen LogP contribution in [-0.4, -0.2) is 32.2 Å². The average Bonchev–Trinajstić information content (AvgIpc) is 3.14. The molecule has 1 amide bonds. The van der Waals surface area contributed by atoms with Crippen LogP contribution in [0, 0.1) is 0 Å². The standard InChI is InChI=1S/C19H19N5O/c1-14-5-4-10-23(17-7-3-2-6-16(14)17)19(25)15-8-9-18(21-11-15)24-13-20-12-22-24/h2-3,6-9,11-14H,4-5,10H2,1H3. The molecule has 2 aromatic heterocycles. The summed E-state index contributed by atoms with van der Waals surface area (Å²) in [5.74, 6) is 1.08. The van der Waals surface area contributed by atoms with E-state index >= 15 is 0 Å². The van der Waals surface area contributed by atoms with E-state index in [1.165, 1.54) is 11.9 Å². The number of carbonyl (C=O) groups excluding carboxylic acids is 1. The van der Waals surface area contributed by atoms with Gasteiger partial charge in [-0.05, 0) is 42.5 Å². The third-order valence-electron chi connectivity index (χ3n) is 4.67. The zero-order valence-electron chi connectivity index (χ0n) is 14.0. The summed E-state index contributed by atoms with van der Waals surface area (Å²) in [6.07, 6.45) is 6.72. The van der Waals surface area contributed by atoms with E-state index in [2.05, 4.69) is 28.1 Å². The summed E-state index contributed by atoms with van der Waals surface area (Å²) in [5.41, 5.74) is 2.83. The fourth-order valence-corrected chi connectivity index (χ4v) is 3.32. The average molecular weight is 333 g/mol. The van der Waals surface area contributed by atoms with E-state index < -0.39 is 0 Å². The highest BCUT2D eigenvalue weighted by Gasteiger charge is 2.25. The third-order valence-corrected chi connectivity index (χ3v) is 4.67. The summed E-state index contributed by atoms with van der Waals surface area (Å²) in [4.78, 5) is 23.2. The molecule has 0 saturated heterocycles. The Kier molecular flexibility index (Phi) is 4.01. The Labute approximate surface area is 146 Å². The van der Waals surface area contributed by atoms with Gasteiger partial charge < -0.3 is 4.90 Å². The van der Waals surface area contributed by atoms with Crippen LogP contribution in [0.1, 0.15) is 41.6 Å². The van der Waals surface area contributed by atoms with Gasteiger partial charge in [0.2, 0.25) is 0 Å². The van der Waals surface area contributed by atoms with Crippen LogP contribution in [0.3, 0.4) is 0 Å². The molecule has 126 valence electrons. The molecule has 6 heteroatoms. The lowest BCUT2D eigenvalue weighted by Crippen LogP contribution is -2.31. The maximum Gasteiger partial charge on any atom is 0.259 e. The molecule has 1 aromatic carbocycles. The van der Waals surface area contributed by atoms with Crippen molar-refractivity contribution in [2.45, 2.75) is 25.7 Å². The molecule has 0 bridgehead atoms. The van der Waals surface area contributed by atoms with Gasteiger partial charge in [0, 0.05) is 18.4 Å². The number of benzene rings is 1. The minimum atomic E-state index is -0.0146. The van der Waals surface area contributed by atoms with Gasteiger partial charge in [0.15, 0.2) is 5.82 Å². The first-order valence-corrected chi connectivity index (χ1v) is 8.46. The van der Waals surface area contributed by atoms with Gasteiger partial charge in [0.1, 0.15) is 12.7 Å². The van der Waals surface area contributed by atoms with Crippen molar-refractivity contribution in [2.24, 2.45) is 0 Å². The van der Waals surface area contributed by atoms with E-state index in [1.807, 2.05) is 23.1 Å². The van der Waals surface area contributed by atoms with Gasteiger partial charge in [-0.15, -0.1) is 0 Å². The van der Waals surface area contributed by atoms with Crippen LogP contribution >= 0.6 is 0 Å². The van der Waals surface area contributed by atoms with Gasteiger partial charge in [-0.3, -0.25) is 4.79 Å². The lowest BCUT2D eigenvalue weighted by Gasteiger charge is -2.23. The summed E-state index contributed by atoms with van der Waals surface area (Å²) in [6, 6.07) is 11.8. The minimum Gasteiger partial charge on any atom is -0.308 e. The van der Waals surface area contributed by atoms with E-state index in [1.54, 1.807) is 29.3 Å². The molecule has 0 spiro atoms. The van der Waals surface area contributed by atoms with Crippen LogP contribution < -0.4 is 4.90 Å². The van der Waals surface area contributed by atoms with Gasteiger partial charge >= 0.3 is 0 Å². The number of amides is 1. The molecule has 0 fully saturated rings. The fraction of sp³-hybridized carbons (Fsp3) is 0.263. The van der Waals surface area contributed by atoms with Crippen LogP contribution in [0.15, 0.2) is 55.2 Å². The summed E-state index contributed by atoms with van der Waals surface area (Å²) in [6.45, 7) is 2.95. The normalized spacial score (nSPS) is 17.0. The largest absolute Gasteiger partial charge is 0.308 e. The first kappa shape index (κ1) is 15.5. The van der Waals surface area contributed by atoms with Crippen LogP contribution in [0.2, 0.25) is 0 Å². The topological polar surface area (TPSA) is 63.9 Å². The van der Waals surface area contributed by atoms with Gasteiger partial charge in [0.25, 0.3) is 5.91 Å². The van der Waals surface area contributed by atoms with Crippen molar-refractivity contribution in [3.05, 3.63) is 66.4 Å². The van der Waals surface area contributed by atoms with Crippen LogP contribution in [0.4, 0.5) is 5.69 Å². The first-order valence-electron chi connectivity index (χ1n) is 8.46. The SMILES string of the molecule is CC1CCCN(C(=O)c2ccc(-n3cncn3)nc2)c2ccccc21. The molecule has 0 saturated carbocycles. The Morgan fingerprint density at radius 1 is 1.20 bits per heavy atom. The Morgan fingerprint density at radius 3 is 2.84 bits per heavy atom. The molecule has 6 nitrogen and oxygen atoms in total. The van der Waals surface area contributed by atoms with Crippen LogP contribution in [-0.2, 0) is 0 Å². The van der Waals surface area contributed by atoms with Crippen molar-refractivity contribution in [3.63, 3.8) is 0 Å². The van der Waals surface area contributed by atoms with Crippen molar-refractivity contribution in [3.8, 4) is 5.82 Å². The van der Waals surface area contributed by atoms with Crippen LogP contribution in [0.25, 0.3) is 5.82 Å². The number of rotatable bonds is 2. The third kappa shape index (κ3) is 2.91. The fourth-order valence-electron chi connectivity index (χ4n) is 3.32. The number of carbonyl (C=O) groups is 1. The van der Waals surface area contributed by atoms with E-state index in [0.29, 0.717) is 17.3 Å². The predicted octanol–water partition coefficient (Wildman–Crippen LogP) is 3.21. The number of para-hydroxylation sites is 1. The molecule has 3 heterocycles. The molecular weight excluding hydrogens is 314 g/mol. The second-order valence-electron chi connectivity index (χ2n) is 6.30. The van der Waals surface area contributed by atoms with Gasteiger partial charge in [-0.1, -0.05) is 25.1 Å². The first-order chi connectivity index (χ1) is 12.2. The number of hydrogen-bond donors (Lipinski definition) is 0. The summed E-state index contributed by atoms with van der Waals surface area (Å²) in [7, 11) is 0. The van der Waals surface area contributed by atoms with E-state index in [9.17, 15) is 4.79 Å². The quantitative estimate of drug-likeness (QED) is 0.722. The molecule has 0 aliphatic carbocycles. The lowest BCUT2D eigenvalue weighted by molar-refractivity contribution is 0.0986. The number of pyridine rings is 1. The van der Waals surface area contributed by atoms with Crippen molar-refractivity contribution < 1.29 is 4.79 Å². The molecule has 3 aromatic rings. The maximum atomic E-state index is 13.1. The summed E-state index contributed by atoms with van der Waals surface area (Å²) >= 11 is 0. The summed E-state index contributed by atoms with van der Waals surface area (Å²) in [5, 5.41) is 4.05. The Balaban J connectivity index is 1.65. The second-order valence-corrected chi connectivity index (χ2v) is 6.30. The number of nitrogens with zero attached hydrogens (tertiary/aromatic N) is 5. The number of hydrogen-bond acceptors (Lipinski definition) is 4. The smallest absolute Gasteiger partial charge is 0.259 e. The highest BCUT2D eigenvalue weighted by Crippen LogP contribution is 2.34. The minimum absolute atomic E-state index is 0.0146. The zero-order valence-corrected chi connectivity index (χ0v) is 14.0. The molecule has 0 radical (unpaired) electrons. The maximum absolute atomic E-state index is 13.1. The molecule has 1 unspecified atom stereocenters. The molecule has 4 rings (SSSR count). The predicted molar refractivity (Wildman–Crippen MR) is 94.9 cm³/mol. The van der Waals surface area contributed by atoms with Crippen molar-refractivity contribution in [1.82, 2.24) is 19.7 Å². The van der Waals surface area contributed by atoms with Crippen molar-refractivity contribution in [2.75, 3.05) is 11.4 Å². The molecule has 1 aliphatic rings. The Morgan fingerprint density at radius 2 is 2.08 bits per heavy atom. The lowest BCUT2D eigenvalue weighted by atomic mass is 9.96.